The summed E-state index contributed by atoms with van der Waals surface area (Å²) in [5, 5.41) is 7.46. The minimum atomic E-state index is -0.236. The molecule has 0 radical (unpaired) electrons. The summed E-state index contributed by atoms with van der Waals surface area (Å²) in [6.07, 6.45) is 3.81. The Morgan fingerprint density at radius 2 is 2.36 bits per heavy atom. The molecule has 4 nitrogen and oxygen atoms in total. The van der Waals surface area contributed by atoms with E-state index in [-0.39, 0.29) is 5.82 Å². The van der Waals surface area contributed by atoms with Crippen molar-refractivity contribution < 1.29 is 8.91 Å². The second-order valence-corrected chi connectivity index (χ2v) is 6.20. The first-order chi connectivity index (χ1) is 10.7. The lowest BCUT2D eigenvalue weighted by atomic mass is 9.85. The number of hydrogen-bond donors (Lipinski definition) is 1. The van der Waals surface area contributed by atoms with Gasteiger partial charge in [0.25, 0.3) is 0 Å². The van der Waals surface area contributed by atoms with Crippen molar-refractivity contribution in [2.45, 2.75) is 32.6 Å². The highest BCUT2D eigenvalue weighted by atomic mass is 19.1. The molecular weight excluding hydrogens is 281 g/mol. The Morgan fingerprint density at radius 1 is 1.45 bits per heavy atom. The third-order valence-corrected chi connectivity index (χ3v) is 4.40. The SMILES string of the molecule is CC(Cc1nc(Cc2cccc(F)c2)no1)C1CCCNC1. The number of nitrogens with zero attached hydrogens (tertiary/aromatic N) is 2. The van der Waals surface area contributed by atoms with Crippen LogP contribution in [0.25, 0.3) is 0 Å². The molecule has 1 aromatic carbocycles. The molecule has 5 heteroatoms. The highest BCUT2D eigenvalue weighted by Gasteiger charge is 2.22. The highest BCUT2D eigenvalue weighted by molar-refractivity contribution is 5.19. The van der Waals surface area contributed by atoms with Crippen LogP contribution < -0.4 is 5.32 Å². The summed E-state index contributed by atoms with van der Waals surface area (Å²) in [5.41, 5.74) is 0.858. The monoisotopic (exact) mass is 303 g/mol. The third kappa shape index (κ3) is 3.91. The van der Waals surface area contributed by atoms with E-state index in [1.54, 1.807) is 6.07 Å². The van der Waals surface area contributed by atoms with Crippen molar-refractivity contribution in [2.75, 3.05) is 13.1 Å². The van der Waals surface area contributed by atoms with Gasteiger partial charge in [-0.2, -0.15) is 4.98 Å². The van der Waals surface area contributed by atoms with E-state index in [2.05, 4.69) is 22.4 Å². The van der Waals surface area contributed by atoms with Gasteiger partial charge in [-0.3, -0.25) is 0 Å². The number of piperidine rings is 1. The van der Waals surface area contributed by atoms with Gasteiger partial charge in [0, 0.05) is 12.8 Å². The normalized spacial score (nSPS) is 20.0. The molecule has 0 aliphatic carbocycles. The summed E-state index contributed by atoms with van der Waals surface area (Å²) >= 11 is 0. The Hall–Kier alpha value is -1.75. The van der Waals surface area contributed by atoms with E-state index in [0.717, 1.165) is 25.1 Å². The molecule has 3 rings (SSSR count). The van der Waals surface area contributed by atoms with Gasteiger partial charge in [-0.25, -0.2) is 4.39 Å². The second-order valence-electron chi connectivity index (χ2n) is 6.20. The van der Waals surface area contributed by atoms with Gasteiger partial charge >= 0.3 is 0 Å². The second kappa shape index (κ2) is 7.01. The van der Waals surface area contributed by atoms with Crippen LogP contribution in [0.4, 0.5) is 4.39 Å². The van der Waals surface area contributed by atoms with Crippen molar-refractivity contribution in [3.05, 3.63) is 47.4 Å². The number of rotatable bonds is 5. The van der Waals surface area contributed by atoms with E-state index in [9.17, 15) is 4.39 Å². The minimum absolute atomic E-state index is 0.236. The van der Waals surface area contributed by atoms with Gasteiger partial charge in [0.2, 0.25) is 5.89 Å². The standard InChI is InChI=1S/C17H22FN3O/c1-12(14-5-3-7-19-11-14)8-17-20-16(21-22-17)10-13-4-2-6-15(18)9-13/h2,4,6,9,12,14,19H,3,5,7-8,10-11H2,1H3. The maximum atomic E-state index is 13.2. The Balaban J connectivity index is 1.58. The van der Waals surface area contributed by atoms with Crippen molar-refractivity contribution in [3.8, 4) is 0 Å². The molecular formula is C17H22FN3O. The lowest BCUT2D eigenvalue weighted by Crippen LogP contribution is -2.33. The van der Waals surface area contributed by atoms with E-state index in [4.69, 9.17) is 4.52 Å². The van der Waals surface area contributed by atoms with Crippen LogP contribution in [-0.4, -0.2) is 23.2 Å². The summed E-state index contributed by atoms with van der Waals surface area (Å²) < 4.78 is 18.5. The van der Waals surface area contributed by atoms with Crippen molar-refractivity contribution in [1.82, 2.24) is 15.5 Å². The Kier molecular flexibility index (Phi) is 4.83. The summed E-state index contributed by atoms with van der Waals surface area (Å²) in [6.45, 7) is 4.45. The van der Waals surface area contributed by atoms with Gasteiger partial charge in [-0.05, 0) is 55.5 Å². The van der Waals surface area contributed by atoms with Crippen LogP contribution in [0.5, 0.6) is 0 Å². The predicted octanol–water partition coefficient (Wildman–Crippen LogP) is 2.98. The van der Waals surface area contributed by atoms with E-state index in [1.165, 1.54) is 25.0 Å². The lowest BCUT2D eigenvalue weighted by Gasteiger charge is -2.27. The van der Waals surface area contributed by atoms with Crippen LogP contribution in [0.2, 0.25) is 0 Å². The largest absolute Gasteiger partial charge is 0.339 e. The molecule has 1 aliphatic heterocycles. The fourth-order valence-electron chi connectivity index (χ4n) is 3.08. The van der Waals surface area contributed by atoms with E-state index in [1.807, 2.05) is 6.07 Å². The number of hydrogen-bond acceptors (Lipinski definition) is 4. The fourth-order valence-corrected chi connectivity index (χ4v) is 3.08. The van der Waals surface area contributed by atoms with E-state index < -0.39 is 0 Å². The number of benzene rings is 1. The Morgan fingerprint density at radius 3 is 3.14 bits per heavy atom. The first-order valence-electron chi connectivity index (χ1n) is 7.97. The fraction of sp³-hybridized carbons (Fsp3) is 0.529. The maximum absolute atomic E-state index is 13.2. The molecule has 2 aromatic rings. The van der Waals surface area contributed by atoms with Crippen molar-refractivity contribution in [2.24, 2.45) is 11.8 Å². The molecule has 1 aromatic heterocycles. The average molecular weight is 303 g/mol. The van der Waals surface area contributed by atoms with Crippen molar-refractivity contribution >= 4 is 0 Å². The zero-order valence-corrected chi connectivity index (χ0v) is 12.9. The smallest absolute Gasteiger partial charge is 0.226 e. The number of aromatic nitrogens is 2. The maximum Gasteiger partial charge on any atom is 0.226 e. The Labute approximate surface area is 130 Å². The summed E-state index contributed by atoms with van der Waals surface area (Å²) in [4.78, 5) is 4.45. The molecule has 2 unspecified atom stereocenters. The lowest BCUT2D eigenvalue weighted by molar-refractivity contribution is 0.256. The molecule has 1 fully saturated rings. The first kappa shape index (κ1) is 15.2. The summed E-state index contributed by atoms with van der Waals surface area (Å²) in [6, 6.07) is 6.51. The van der Waals surface area contributed by atoms with Crippen LogP contribution in [0.3, 0.4) is 0 Å². The predicted molar refractivity (Wildman–Crippen MR) is 82.0 cm³/mol. The van der Waals surface area contributed by atoms with Crippen LogP contribution in [0.15, 0.2) is 28.8 Å². The summed E-state index contributed by atoms with van der Waals surface area (Å²) in [7, 11) is 0. The molecule has 2 heterocycles. The van der Waals surface area contributed by atoms with Gasteiger partial charge < -0.3 is 9.84 Å². The van der Waals surface area contributed by atoms with E-state index >= 15 is 0 Å². The van der Waals surface area contributed by atoms with Crippen LogP contribution in [0.1, 0.15) is 37.0 Å². The highest BCUT2D eigenvalue weighted by Crippen LogP contribution is 2.23. The van der Waals surface area contributed by atoms with Gasteiger partial charge in [0.1, 0.15) is 5.82 Å². The Bertz CT molecular complexity index is 607. The first-order valence-corrected chi connectivity index (χ1v) is 7.97. The topological polar surface area (TPSA) is 51.0 Å². The van der Waals surface area contributed by atoms with Gasteiger partial charge in [-0.1, -0.05) is 24.2 Å². The molecule has 22 heavy (non-hydrogen) atoms. The molecule has 0 saturated carbocycles. The van der Waals surface area contributed by atoms with Crippen molar-refractivity contribution in [3.63, 3.8) is 0 Å². The zero-order valence-electron chi connectivity index (χ0n) is 12.9. The number of nitrogens with one attached hydrogen (secondary N) is 1. The van der Waals surface area contributed by atoms with Gasteiger partial charge in [-0.15, -0.1) is 0 Å². The van der Waals surface area contributed by atoms with Crippen LogP contribution in [0, 0.1) is 17.7 Å². The van der Waals surface area contributed by atoms with Crippen molar-refractivity contribution in [1.29, 1.82) is 0 Å². The molecule has 0 amide bonds. The molecule has 0 spiro atoms. The summed E-state index contributed by atoms with van der Waals surface area (Å²) in [5.74, 6) is 2.27. The van der Waals surface area contributed by atoms with Gasteiger partial charge in [0.15, 0.2) is 5.82 Å². The van der Waals surface area contributed by atoms with Gasteiger partial charge in [0.05, 0.1) is 0 Å². The molecule has 0 bridgehead atoms. The number of halogens is 1. The average Bonchev–Trinajstić information content (AvgIpc) is 2.95. The third-order valence-electron chi connectivity index (χ3n) is 4.40. The van der Waals surface area contributed by atoms with Crippen LogP contribution in [-0.2, 0) is 12.8 Å². The zero-order chi connectivity index (χ0) is 15.4. The molecule has 1 N–H and O–H groups in total. The molecule has 1 aliphatic rings. The van der Waals surface area contributed by atoms with E-state index in [0.29, 0.717) is 30.0 Å². The quantitative estimate of drug-likeness (QED) is 0.922. The molecule has 1 saturated heterocycles. The minimum Gasteiger partial charge on any atom is -0.339 e. The molecule has 118 valence electrons. The molecule has 2 atom stereocenters. The van der Waals surface area contributed by atoms with Crippen LogP contribution >= 0.6 is 0 Å².